The molecule has 0 bridgehead atoms. The van der Waals surface area contributed by atoms with Crippen LogP contribution in [0.15, 0.2) is 54.6 Å². The number of aliphatic hydroxyl groups excluding tert-OH is 1. The second kappa shape index (κ2) is 7.62. The molecule has 27 heavy (non-hydrogen) atoms. The number of carbonyl (C=O) groups is 2. The van der Waals surface area contributed by atoms with Gasteiger partial charge in [-0.05, 0) is 43.4 Å². The van der Waals surface area contributed by atoms with Crippen LogP contribution >= 0.6 is 0 Å². The predicted molar refractivity (Wildman–Crippen MR) is 102 cm³/mol. The van der Waals surface area contributed by atoms with Crippen molar-refractivity contribution >= 4 is 11.8 Å². The van der Waals surface area contributed by atoms with E-state index in [0.29, 0.717) is 17.7 Å². The van der Waals surface area contributed by atoms with Crippen LogP contribution in [-0.4, -0.2) is 40.4 Å². The van der Waals surface area contributed by atoms with E-state index in [4.69, 9.17) is 0 Å². The first-order chi connectivity index (χ1) is 13.1. The number of nitrogens with zero attached hydrogens (tertiary/aromatic N) is 1. The van der Waals surface area contributed by atoms with Crippen LogP contribution in [0.25, 0.3) is 0 Å². The van der Waals surface area contributed by atoms with Gasteiger partial charge in [0, 0.05) is 18.6 Å². The van der Waals surface area contributed by atoms with Crippen LogP contribution < -0.4 is 5.32 Å². The lowest BCUT2D eigenvalue weighted by Gasteiger charge is -2.35. The summed E-state index contributed by atoms with van der Waals surface area (Å²) in [6.45, 7) is 0.462. The minimum Gasteiger partial charge on any atom is -0.387 e. The summed E-state index contributed by atoms with van der Waals surface area (Å²) in [5.74, 6) is -0.351. The number of rotatable bonds is 5. The Bertz CT molecular complexity index is 801. The van der Waals surface area contributed by atoms with Crippen LogP contribution in [0.3, 0.4) is 0 Å². The minimum absolute atomic E-state index is 0.0856. The van der Waals surface area contributed by atoms with Crippen LogP contribution in [0, 0.1) is 0 Å². The van der Waals surface area contributed by atoms with Gasteiger partial charge >= 0.3 is 0 Å². The SMILES string of the molecule is O=C1c2ccccc2C(=O)N1[C@@H]1CCC[C@@H](NC[C@H](O)c2ccccc2)C1. The lowest BCUT2D eigenvalue weighted by atomic mass is 9.89. The molecule has 5 nitrogen and oxygen atoms in total. The van der Waals surface area contributed by atoms with E-state index in [-0.39, 0.29) is 23.9 Å². The molecule has 2 aromatic carbocycles. The van der Waals surface area contributed by atoms with E-state index in [2.05, 4.69) is 5.32 Å². The molecule has 140 valence electrons. The number of aliphatic hydroxyl groups is 1. The topological polar surface area (TPSA) is 69.6 Å². The van der Waals surface area contributed by atoms with Crippen molar-refractivity contribution in [2.24, 2.45) is 0 Å². The van der Waals surface area contributed by atoms with Crippen LogP contribution in [-0.2, 0) is 0 Å². The molecule has 0 aromatic heterocycles. The Morgan fingerprint density at radius 1 is 0.963 bits per heavy atom. The Morgan fingerprint density at radius 3 is 2.26 bits per heavy atom. The average Bonchev–Trinajstić information content (AvgIpc) is 2.98. The van der Waals surface area contributed by atoms with Gasteiger partial charge in [0.1, 0.15) is 0 Å². The van der Waals surface area contributed by atoms with E-state index in [0.717, 1.165) is 31.2 Å². The third-order valence-corrected chi connectivity index (χ3v) is 5.62. The van der Waals surface area contributed by atoms with Gasteiger partial charge in [0.2, 0.25) is 0 Å². The number of hydrogen-bond donors (Lipinski definition) is 2. The Labute approximate surface area is 159 Å². The molecule has 2 amide bonds. The van der Waals surface area contributed by atoms with E-state index >= 15 is 0 Å². The van der Waals surface area contributed by atoms with Crippen molar-refractivity contribution in [2.45, 2.75) is 43.9 Å². The summed E-state index contributed by atoms with van der Waals surface area (Å²) in [7, 11) is 0. The summed E-state index contributed by atoms with van der Waals surface area (Å²) in [5.41, 5.74) is 1.91. The molecule has 0 radical (unpaired) electrons. The maximum Gasteiger partial charge on any atom is 0.261 e. The zero-order valence-corrected chi connectivity index (χ0v) is 15.2. The monoisotopic (exact) mass is 364 g/mol. The average molecular weight is 364 g/mol. The van der Waals surface area contributed by atoms with Gasteiger partial charge in [-0.2, -0.15) is 0 Å². The van der Waals surface area contributed by atoms with Crippen molar-refractivity contribution in [3.05, 3.63) is 71.3 Å². The molecule has 2 N–H and O–H groups in total. The third-order valence-electron chi connectivity index (χ3n) is 5.62. The normalized spacial score (nSPS) is 23.4. The van der Waals surface area contributed by atoms with Crippen LogP contribution in [0.5, 0.6) is 0 Å². The molecular weight excluding hydrogens is 340 g/mol. The van der Waals surface area contributed by atoms with Gasteiger partial charge in [0.25, 0.3) is 11.8 Å². The lowest BCUT2D eigenvalue weighted by molar-refractivity contribution is 0.0528. The summed E-state index contributed by atoms with van der Waals surface area (Å²) in [6, 6.07) is 16.7. The van der Waals surface area contributed by atoms with Gasteiger partial charge in [-0.25, -0.2) is 0 Å². The number of amides is 2. The largest absolute Gasteiger partial charge is 0.387 e. The number of nitrogens with one attached hydrogen (secondary N) is 1. The number of imide groups is 1. The van der Waals surface area contributed by atoms with Crippen LogP contribution in [0.2, 0.25) is 0 Å². The summed E-state index contributed by atoms with van der Waals surface area (Å²) >= 11 is 0. The zero-order valence-electron chi connectivity index (χ0n) is 15.2. The molecule has 1 aliphatic heterocycles. The number of carbonyl (C=O) groups excluding carboxylic acids is 2. The van der Waals surface area contributed by atoms with Crippen molar-refractivity contribution in [3.63, 3.8) is 0 Å². The summed E-state index contributed by atoms with van der Waals surface area (Å²) < 4.78 is 0. The minimum atomic E-state index is -0.564. The fraction of sp³-hybridized carbons (Fsp3) is 0.364. The Kier molecular flexibility index (Phi) is 5.05. The van der Waals surface area contributed by atoms with Crippen LogP contribution in [0.4, 0.5) is 0 Å². The van der Waals surface area contributed by atoms with Gasteiger partial charge in [-0.15, -0.1) is 0 Å². The maximum atomic E-state index is 12.7. The van der Waals surface area contributed by atoms with Crippen molar-refractivity contribution < 1.29 is 14.7 Å². The molecule has 2 aromatic rings. The van der Waals surface area contributed by atoms with Crippen LogP contribution in [0.1, 0.15) is 58.1 Å². The molecule has 1 aliphatic carbocycles. The molecule has 0 saturated heterocycles. The summed E-state index contributed by atoms with van der Waals surface area (Å²) in [6.07, 6.45) is 2.95. The highest BCUT2D eigenvalue weighted by Gasteiger charge is 2.41. The smallest absolute Gasteiger partial charge is 0.261 e. The highest BCUT2D eigenvalue weighted by molar-refractivity contribution is 6.21. The van der Waals surface area contributed by atoms with Gasteiger partial charge in [0.15, 0.2) is 0 Å². The van der Waals surface area contributed by atoms with Crippen molar-refractivity contribution in [2.75, 3.05) is 6.54 Å². The fourth-order valence-electron chi connectivity index (χ4n) is 4.19. The van der Waals surface area contributed by atoms with Gasteiger partial charge in [-0.1, -0.05) is 42.5 Å². The molecule has 0 unspecified atom stereocenters. The van der Waals surface area contributed by atoms with E-state index in [9.17, 15) is 14.7 Å². The predicted octanol–water partition coefficient (Wildman–Crippen LogP) is 2.92. The van der Waals surface area contributed by atoms with E-state index < -0.39 is 6.10 Å². The molecular formula is C22H24N2O3. The van der Waals surface area contributed by atoms with Crippen molar-refractivity contribution in [3.8, 4) is 0 Å². The standard InChI is InChI=1S/C22H24N2O3/c25-20(15-7-2-1-3-8-15)14-23-16-9-6-10-17(13-16)24-21(26)18-11-4-5-12-19(18)22(24)27/h1-5,7-8,11-12,16-17,20,23,25H,6,9-10,13-14H2/t16-,17-,20+/m1/s1. The zero-order chi connectivity index (χ0) is 18.8. The van der Waals surface area contributed by atoms with E-state index in [1.54, 1.807) is 24.3 Å². The highest BCUT2D eigenvalue weighted by Crippen LogP contribution is 2.31. The lowest BCUT2D eigenvalue weighted by Crippen LogP contribution is -2.47. The molecule has 5 heteroatoms. The molecule has 0 spiro atoms. The Hall–Kier alpha value is -2.50. The second-order valence-corrected chi connectivity index (χ2v) is 7.38. The summed E-state index contributed by atoms with van der Waals surface area (Å²) in [4.78, 5) is 26.9. The first kappa shape index (κ1) is 17.9. The number of benzene rings is 2. The molecule has 3 atom stereocenters. The Morgan fingerprint density at radius 2 is 1.59 bits per heavy atom. The van der Waals surface area contributed by atoms with Gasteiger partial charge < -0.3 is 10.4 Å². The molecule has 1 saturated carbocycles. The number of hydrogen-bond acceptors (Lipinski definition) is 4. The fourth-order valence-corrected chi connectivity index (χ4v) is 4.19. The molecule has 2 aliphatic rings. The Balaban J connectivity index is 1.39. The first-order valence-corrected chi connectivity index (χ1v) is 9.58. The first-order valence-electron chi connectivity index (χ1n) is 9.58. The third kappa shape index (κ3) is 3.53. The van der Waals surface area contributed by atoms with Crippen molar-refractivity contribution in [1.29, 1.82) is 0 Å². The van der Waals surface area contributed by atoms with E-state index in [1.807, 2.05) is 30.3 Å². The highest BCUT2D eigenvalue weighted by atomic mass is 16.3. The van der Waals surface area contributed by atoms with E-state index in [1.165, 1.54) is 4.90 Å². The summed E-state index contributed by atoms with van der Waals surface area (Å²) in [5, 5.41) is 13.8. The second-order valence-electron chi connectivity index (χ2n) is 7.38. The molecule has 1 heterocycles. The molecule has 1 fully saturated rings. The van der Waals surface area contributed by atoms with Gasteiger partial charge in [0.05, 0.1) is 17.2 Å². The maximum absolute atomic E-state index is 12.7. The quantitative estimate of drug-likeness (QED) is 0.801. The number of fused-ring (bicyclic) bond motifs is 1. The molecule has 4 rings (SSSR count). The van der Waals surface area contributed by atoms with Gasteiger partial charge in [-0.3, -0.25) is 14.5 Å². The van der Waals surface area contributed by atoms with Crippen molar-refractivity contribution in [1.82, 2.24) is 10.2 Å².